The van der Waals surface area contributed by atoms with E-state index in [1.807, 2.05) is 24.3 Å². The van der Waals surface area contributed by atoms with Gasteiger partial charge in [-0.15, -0.1) is 0 Å². The van der Waals surface area contributed by atoms with Crippen LogP contribution in [-0.4, -0.2) is 90.2 Å². The van der Waals surface area contributed by atoms with Crippen LogP contribution in [0.25, 0.3) is 0 Å². The summed E-state index contributed by atoms with van der Waals surface area (Å²) in [6.45, 7) is 5.85. The van der Waals surface area contributed by atoms with Crippen LogP contribution in [-0.2, 0) is 20.9 Å². The Morgan fingerprint density at radius 1 is 1.07 bits per heavy atom. The molecule has 2 aromatic carbocycles. The third-order valence-corrected chi connectivity index (χ3v) is 9.18. The molecule has 3 fully saturated rings. The zero-order chi connectivity index (χ0) is 30.4. The van der Waals surface area contributed by atoms with Crippen LogP contribution >= 0.6 is 0 Å². The molecule has 0 aromatic heterocycles. The number of ether oxygens (including phenoxy) is 2. The van der Waals surface area contributed by atoms with Crippen molar-refractivity contribution in [3.63, 3.8) is 0 Å². The number of aliphatic hydroxyl groups is 1. The van der Waals surface area contributed by atoms with Crippen molar-refractivity contribution < 1.29 is 29.0 Å². The van der Waals surface area contributed by atoms with Gasteiger partial charge in [0, 0.05) is 52.0 Å². The first-order valence-corrected chi connectivity index (χ1v) is 15.5. The highest BCUT2D eigenvalue weighted by molar-refractivity contribution is 6.00. The van der Waals surface area contributed by atoms with E-state index in [1.54, 1.807) is 36.2 Å². The first-order valence-electron chi connectivity index (χ1n) is 15.5. The van der Waals surface area contributed by atoms with Crippen molar-refractivity contribution >= 4 is 17.7 Å². The number of rotatable bonds is 10. The molecule has 43 heavy (non-hydrogen) atoms. The lowest BCUT2D eigenvalue weighted by molar-refractivity contribution is -0.166. The van der Waals surface area contributed by atoms with Crippen LogP contribution in [0.2, 0.25) is 0 Å². The summed E-state index contributed by atoms with van der Waals surface area (Å²) in [5.41, 5.74) is 0.828. The highest BCUT2D eigenvalue weighted by Gasteiger charge is 2.55. The quantitative estimate of drug-likeness (QED) is 0.388. The summed E-state index contributed by atoms with van der Waals surface area (Å²) in [7, 11) is 1.60. The number of nitrogens with one attached hydrogen (secondary N) is 2. The van der Waals surface area contributed by atoms with E-state index in [9.17, 15) is 19.5 Å². The Hall–Kier alpha value is -3.47. The highest BCUT2D eigenvalue weighted by atomic mass is 16.5. The number of amides is 3. The number of unbranched alkanes of at least 4 members (excludes halogenated alkanes) is 1. The van der Waals surface area contributed by atoms with Gasteiger partial charge in [-0.2, -0.15) is 0 Å². The van der Waals surface area contributed by atoms with Gasteiger partial charge in [-0.25, -0.2) is 0 Å². The molecule has 3 aliphatic rings. The number of carbonyl (C=O) groups excluding carboxylic acids is 3. The average Bonchev–Trinajstić information content (AvgIpc) is 3.04. The number of carbonyl (C=O) groups is 3. The van der Waals surface area contributed by atoms with Gasteiger partial charge in [0.15, 0.2) is 0 Å². The fraction of sp³-hybridized carbons (Fsp3) is 0.545. The van der Waals surface area contributed by atoms with Gasteiger partial charge in [0.2, 0.25) is 11.8 Å². The van der Waals surface area contributed by atoms with Gasteiger partial charge in [0.05, 0.1) is 6.10 Å². The van der Waals surface area contributed by atoms with Gasteiger partial charge in [0.25, 0.3) is 5.91 Å². The normalized spacial score (nSPS) is 21.8. The predicted octanol–water partition coefficient (Wildman–Crippen LogP) is 3.09. The molecule has 2 atom stereocenters. The van der Waals surface area contributed by atoms with Gasteiger partial charge in [-0.1, -0.05) is 25.5 Å². The Balaban J connectivity index is 1.19. The number of hydrogen-bond acceptors (Lipinski definition) is 7. The van der Waals surface area contributed by atoms with Crippen molar-refractivity contribution in [3.05, 3.63) is 59.7 Å². The molecule has 2 aromatic rings. The van der Waals surface area contributed by atoms with Crippen molar-refractivity contribution in [1.82, 2.24) is 20.4 Å². The Kier molecular flexibility index (Phi) is 10.00. The molecule has 0 saturated carbocycles. The molecular weight excluding hydrogens is 548 g/mol. The maximum Gasteiger partial charge on any atom is 0.251 e. The van der Waals surface area contributed by atoms with E-state index >= 15 is 0 Å². The summed E-state index contributed by atoms with van der Waals surface area (Å²) in [6.07, 6.45) is 3.32. The minimum absolute atomic E-state index is 0.0571. The van der Waals surface area contributed by atoms with Crippen LogP contribution in [0.4, 0.5) is 0 Å². The topological polar surface area (TPSA) is 120 Å². The van der Waals surface area contributed by atoms with Gasteiger partial charge >= 0.3 is 0 Å². The number of likely N-dealkylation sites (tertiary alicyclic amines) is 1. The van der Waals surface area contributed by atoms with E-state index in [2.05, 4.69) is 22.5 Å². The average molecular weight is 593 g/mol. The van der Waals surface area contributed by atoms with Crippen molar-refractivity contribution in [1.29, 1.82) is 0 Å². The fourth-order valence-corrected chi connectivity index (χ4v) is 6.49. The Morgan fingerprint density at radius 2 is 1.70 bits per heavy atom. The standard InChI is InChI=1S/C33H44N4O6/c1-3-4-17-37-31(40)28(29(38)24-13-20-42-21-14-24)35-32(41)33(37)15-18-36(19-16-33)22-23-5-9-26(10-6-23)43-27-11-7-25(8-12-27)30(39)34-2/h5-12,24,28-29,38H,3-4,13-22H2,1-2H3,(H,34,39)(H,35,41)/t28?,29-/m1/s1. The van der Waals surface area contributed by atoms with Crippen molar-refractivity contribution in [2.24, 2.45) is 5.92 Å². The number of hydrogen-bond donors (Lipinski definition) is 3. The molecule has 1 spiro atoms. The molecule has 0 bridgehead atoms. The fourth-order valence-electron chi connectivity index (χ4n) is 6.49. The largest absolute Gasteiger partial charge is 0.457 e. The molecule has 3 saturated heterocycles. The molecular formula is C33H44N4O6. The Morgan fingerprint density at radius 3 is 2.30 bits per heavy atom. The van der Waals surface area contributed by atoms with Crippen molar-refractivity contribution in [2.45, 2.75) is 69.7 Å². The molecule has 3 amide bonds. The number of piperidine rings is 1. The SMILES string of the molecule is CCCCN1C(=O)C([C@H](O)C2CCOCC2)NC(=O)C12CCN(Cc1ccc(Oc3ccc(C(=O)NC)cc3)cc1)CC2. The van der Waals surface area contributed by atoms with E-state index < -0.39 is 17.7 Å². The van der Waals surface area contributed by atoms with Crippen molar-refractivity contribution in [2.75, 3.05) is 39.9 Å². The number of aliphatic hydroxyl groups excluding tert-OH is 1. The van der Waals surface area contributed by atoms with E-state index in [1.165, 1.54) is 0 Å². The van der Waals surface area contributed by atoms with Crippen LogP contribution < -0.4 is 15.4 Å². The first-order chi connectivity index (χ1) is 20.8. The predicted molar refractivity (Wildman–Crippen MR) is 162 cm³/mol. The van der Waals surface area contributed by atoms with E-state index in [-0.39, 0.29) is 23.6 Å². The maximum atomic E-state index is 13.8. The van der Waals surface area contributed by atoms with Crippen LogP contribution in [0.15, 0.2) is 48.5 Å². The summed E-state index contributed by atoms with van der Waals surface area (Å²) in [5, 5.41) is 16.7. The zero-order valence-corrected chi connectivity index (χ0v) is 25.2. The lowest BCUT2D eigenvalue weighted by Crippen LogP contribution is -2.75. The molecule has 3 aliphatic heterocycles. The molecule has 5 rings (SSSR count). The minimum atomic E-state index is -0.907. The minimum Gasteiger partial charge on any atom is -0.457 e. The summed E-state index contributed by atoms with van der Waals surface area (Å²) in [5.74, 6) is 0.867. The smallest absolute Gasteiger partial charge is 0.251 e. The molecule has 10 nitrogen and oxygen atoms in total. The maximum absolute atomic E-state index is 13.8. The van der Waals surface area contributed by atoms with E-state index in [0.717, 1.165) is 24.9 Å². The van der Waals surface area contributed by atoms with Crippen LogP contribution in [0.3, 0.4) is 0 Å². The second kappa shape index (κ2) is 13.9. The number of piperazine rings is 1. The second-order valence-corrected chi connectivity index (χ2v) is 11.9. The molecule has 1 unspecified atom stereocenters. The molecule has 3 N–H and O–H groups in total. The molecule has 0 radical (unpaired) electrons. The summed E-state index contributed by atoms with van der Waals surface area (Å²) in [4.78, 5) is 43.4. The molecule has 232 valence electrons. The number of benzene rings is 2. The third kappa shape index (κ3) is 6.87. The Bertz CT molecular complexity index is 1250. The van der Waals surface area contributed by atoms with E-state index in [4.69, 9.17) is 9.47 Å². The van der Waals surface area contributed by atoms with E-state index in [0.29, 0.717) is 75.6 Å². The monoisotopic (exact) mass is 592 g/mol. The highest BCUT2D eigenvalue weighted by Crippen LogP contribution is 2.36. The van der Waals surface area contributed by atoms with Gasteiger partial charge in [-0.3, -0.25) is 19.3 Å². The zero-order valence-electron chi connectivity index (χ0n) is 25.2. The van der Waals surface area contributed by atoms with Crippen LogP contribution in [0.5, 0.6) is 11.5 Å². The lowest BCUT2D eigenvalue weighted by Gasteiger charge is -2.52. The molecule has 10 heteroatoms. The van der Waals surface area contributed by atoms with Gasteiger partial charge in [-0.05, 0) is 80.0 Å². The summed E-state index contributed by atoms with van der Waals surface area (Å²) >= 11 is 0. The second-order valence-electron chi connectivity index (χ2n) is 11.9. The molecule has 3 heterocycles. The lowest BCUT2D eigenvalue weighted by atomic mass is 9.79. The first kappa shape index (κ1) is 31.0. The third-order valence-electron chi connectivity index (χ3n) is 9.18. The summed E-state index contributed by atoms with van der Waals surface area (Å²) in [6, 6.07) is 14.0. The summed E-state index contributed by atoms with van der Waals surface area (Å²) < 4.78 is 11.4. The molecule has 0 aliphatic carbocycles. The number of nitrogens with zero attached hydrogens (tertiary/aromatic N) is 2. The van der Waals surface area contributed by atoms with Gasteiger partial charge in [0.1, 0.15) is 23.1 Å². The van der Waals surface area contributed by atoms with Crippen molar-refractivity contribution in [3.8, 4) is 11.5 Å². The van der Waals surface area contributed by atoms with Crippen LogP contribution in [0.1, 0.15) is 61.4 Å². The van der Waals surface area contributed by atoms with Crippen LogP contribution in [0, 0.1) is 5.92 Å². The Labute approximate surface area is 253 Å². The van der Waals surface area contributed by atoms with Gasteiger partial charge < -0.3 is 30.1 Å².